The average molecular weight is 931 g/mol. The predicted octanol–water partition coefficient (Wildman–Crippen LogP) is 18.5. The van der Waals surface area contributed by atoms with Crippen LogP contribution in [0.5, 0.6) is 0 Å². The third-order valence-electron chi connectivity index (χ3n) is 11.6. The van der Waals surface area contributed by atoms with E-state index < -0.39 is 6.10 Å². The molecule has 0 amide bonds. The van der Waals surface area contributed by atoms with Gasteiger partial charge in [0, 0.05) is 19.3 Å². The molecule has 0 aliphatic rings. The minimum absolute atomic E-state index is 0.114. The Labute approximate surface area is 413 Å². The van der Waals surface area contributed by atoms with Gasteiger partial charge in [-0.05, 0) is 109 Å². The highest BCUT2D eigenvalue weighted by Gasteiger charge is 2.19. The number of rotatable bonds is 49. The maximum Gasteiger partial charge on any atom is 0.306 e. The van der Waals surface area contributed by atoms with Gasteiger partial charge in [-0.1, -0.05) is 221 Å². The summed E-state index contributed by atoms with van der Waals surface area (Å²) in [4.78, 5) is 38.0. The first kappa shape index (κ1) is 63.3. The SMILES string of the molecule is CC/C=C\C/C=C\C/C=C\C/C=C\C/C=C\CCCCCC(=O)OCC(COC(=O)CC/C=C\C/C=C\CCCCCCCC)OC(=O)CCCCCCCCC/C=C\CCCCCCCC. The van der Waals surface area contributed by atoms with Crippen LogP contribution in [0.2, 0.25) is 0 Å². The van der Waals surface area contributed by atoms with Crippen LogP contribution in [0.15, 0.2) is 97.2 Å². The van der Waals surface area contributed by atoms with Gasteiger partial charge >= 0.3 is 17.9 Å². The number of esters is 3. The van der Waals surface area contributed by atoms with E-state index in [1.165, 1.54) is 116 Å². The summed E-state index contributed by atoms with van der Waals surface area (Å²) in [6.07, 6.45) is 72.6. The third-order valence-corrected chi connectivity index (χ3v) is 11.6. The summed E-state index contributed by atoms with van der Waals surface area (Å²) in [5, 5.41) is 0. The number of unbranched alkanes of at least 4 members (excludes halogenated alkanes) is 22. The molecule has 0 saturated heterocycles. The van der Waals surface area contributed by atoms with E-state index in [0.29, 0.717) is 19.3 Å². The first-order chi connectivity index (χ1) is 33.0. The fraction of sp³-hybridized carbons (Fsp3) is 0.689. The van der Waals surface area contributed by atoms with Crippen LogP contribution in [0, 0.1) is 0 Å². The molecule has 0 aromatic heterocycles. The van der Waals surface area contributed by atoms with Crippen LogP contribution in [0.4, 0.5) is 0 Å². The van der Waals surface area contributed by atoms with Crippen molar-refractivity contribution in [2.45, 2.75) is 258 Å². The second kappa shape index (κ2) is 54.9. The van der Waals surface area contributed by atoms with Gasteiger partial charge in [-0.2, -0.15) is 0 Å². The van der Waals surface area contributed by atoms with E-state index >= 15 is 0 Å². The molecule has 0 N–H and O–H groups in total. The summed E-state index contributed by atoms with van der Waals surface area (Å²) < 4.78 is 16.7. The monoisotopic (exact) mass is 931 g/mol. The molecule has 0 fully saturated rings. The Bertz CT molecular complexity index is 1350. The molecule has 0 aliphatic carbocycles. The lowest BCUT2D eigenvalue weighted by Gasteiger charge is -2.18. The molecule has 0 aromatic rings. The lowest BCUT2D eigenvalue weighted by molar-refractivity contribution is -0.166. The van der Waals surface area contributed by atoms with Crippen molar-refractivity contribution >= 4 is 17.9 Å². The van der Waals surface area contributed by atoms with Gasteiger partial charge in [-0.15, -0.1) is 0 Å². The van der Waals surface area contributed by atoms with Gasteiger partial charge in [0.25, 0.3) is 0 Å². The van der Waals surface area contributed by atoms with Crippen molar-refractivity contribution in [3.63, 3.8) is 0 Å². The zero-order valence-electron chi connectivity index (χ0n) is 43.6. The second-order valence-corrected chi connectivity index (χ2v) is 18.1. The van der Waals surface area contributed by atoms with Crippen molar-refractivity contribution in [3.05, 3.63) is 97.2 Å². The minimum atomic E-state index is -0.817. The molecule has 0 aliphatic heterocycles. The molecule has 0 rings (SSSR count). The quantitative estimate of drug-likeness (QED) is 0.0262. The van der Waals surface area contributed by atoms with Gasteiger partial charge in [0.1, 0.15) is 13.2 Å². The van der Waals surface area contributed by atoms with Gasteiger partial charge in [0.15, 0.2) is 6.10 Å². The van der Waals surface area contributed by atoms with E-state index in [1.54, 1.807) is 0 Å². The minimum Gasteiger partial charge on any atom is -0.462 e. The molecule has 0 saturated carbocycles. The van der Waals surface area contributed by atoms with E-state index in [1.807, 2.05) is 6.08 Å². The normalized spacial score (nSPS) is 12.8. The molecule has 0 heterocycles. The van der Waals surface area contributed by atoms with Crippen molar-refractivity contribution in [2.24, 2.45) is 0 Å². The Hall–Kier alpha value is -3.67. The zero-order chi connectivity index (χ0) is 48.6. The van der Waals surface area contributed by atoms with Gasteiger partial charge in [0.05, 0.1) is 0 Å². The Balaban J connectivity index is 4.50. The molecule has 0 aromatic carbocycles. The molecule has 6 heteroatoms. The van der Waals surface area contributed by atoms with Crippen LogP contribution in [0.1, 0.15) is 252 Å². The Morgan fingerprint density at radius 2 is 0.612 bits per heavy atom. The molecular formula is C61H102O6. The molecule has 6 nitrogen and oxygen atoms in total. The Morgan fingerprint density at radius 3 is 1.03 bits per heavy atom. The summed E-state index contributed by atoms with van der Waals surface area (Å²) in [5.41, 5.74) is 0. The molecular weight excluding hydrogens is 829 g/mol. The fourth-order valence-electron chi connectivity index (χ4n) is 7.40. The van der Waals surface area contributed by atoms with Crippen LogP contribution >= 0.6 is 0 Å². The van der Waals surface area contributed by atoms with Gasteiger partial charge in [0.2, 0.25) is 0 Å². The largest absolute Gasteiger partial charge is 0.462 e. The topological polar surface area (TPSA) is 78.9 Å². The van der Waals surface area contributed by atoms with Crippen LogP contribution in [0.25, 0.3) is 0 Å². The number of carbonyl (C=O) groups is 3. The van der Waals surface area contributed by atoms with E-state index in [2.05, 4.69) is 112 Å². The molecule has 1 unspecified atom stereocenters. The number of ether oxygens (including phenoxy) is 3. The first-order valence-corrected chi connectivity index (χ1v) is 27.7. The van der Waals surface area contributed by atoms with Crippen molar-refractivity contribution in [1.29, 1.82) is 0 Å². The molecule has 0 radical (unpaired) electrons. The van der Waals surface area contributed by atoms with Gasteiger partial charge < -0.3 is 14.2 Å². The van der Waals surface area contributed by atoms with Crippen LogP contribution < -0.4 is 0 Å². The second-order valence-electron chi connectivity index (χ2n) is 18.1. The van der Waals surface area contributed by atoms with E-state index in [4.69, 9.17) is 14.2 Å². The van der Waals surface area contributed by atoms with Crippen LogP contribution in [-0.4, -0.2) is 37.2 Å². The highest BCUT2D eigenvalue weighted by molar-refractivity contribution is 5.71. The number of carbonyl (C=O) groups excluding carboxylic acids is 3. The van der Waals surface area contributed by atoms with Crippen molar-refractivity contribution in [2.75, 3.05) is 13.2 Å². The standard InChI is InChI=1S/C61H102O6/c1-4-7-10-13-16-19-22-25-27-29-30-32-33-36-39-42-45-48-51-54-60(63)66-57-58(56-65-59(62)53-50-47-44-41-38-35-24-21-18-15-12-9-6-3)67-61(64)55-52-49-46-43-40-37-34-31-28-26-23-20-17-14-11-8-5-2/h7,10,16,19,25-28,30,32,35-36,38-39,44,47,58H,4-6,8-9,11-15,17-18,20-24,29,31,33-34,37,40-43,45-46,48-57H2,1-3H3/b10-7-,19-16-,27-25-,28-26-,32-30-,38-35-,39-36-,47-44-. The smallest absolute Gasteiger partial charge is 0.306 e. The number of allylic oxidation sites excluding steroid dienone is 16. The summed E-state index contributed by atoms with van der Waals surface area (Å²) in [7, 11) is 0. The van der Waals surface area contributed by atoms with Crippen molar-refractivity contribution in [1.82, 2.24) is 0 Å². The Morgan fingerprint density at radius 1 is 0.313 bits per heavy atom. The molecule has 0 bridgehead atoms. The summed E-state index contributed by atoms with van der Waals surface area (Å²) >= 11 is 0. The maximum atomic E-state index is 12.8. The summed E-state index contributed by atoms with van der Waals surface area (Å²) in [5.74, 6) is -1.02. The lowest BCUT2D eigenvalue weighted by Crippen LogP contribution is -2.30. The Kier molecular flexibility index (Phi) is 51.9. The van der Waals surface area contributed by atoms with Crippen molar-refractivity contribution in [3.8, 4) is 0 Å². The fourth-order valence-corrected chi connectivity index (χ4v) is 7.40. The summed E-state index contributed by atoms with van der Waals surface area (Å²) in [6.45, 7) is 6.43. The molecule has 67 heavy (non-hydrogen) atoms. The maximum absolute atomic E-state index is 12.8. The summed E-state index contributed by atoms with van der Waals surface area (Å²) in [6, 6.07) is 0. The van der Waals surface area contributed by atoms with E-state index in [-0.39, 0.29) is 37.5 Å². The molecule has 382 valence electrons. The number of hydrogen-bond donors (Lipinski definition) is 0. The first-order valence-electron chi connectivity index (χ1n) is 27.7. The predicted molar refractivity (Wildman–Crippen MR) is 288 cm³/mol. The van der Waals surface area contributed by atoms with Crippen molar-refractivity contribution < 1.29 is 28.6 Å². The number of hydrogen-bond acceptors (Lipinski definition) is 6. The van der Waals surface area contributed by atoms with Crippen LogP contribution in [0.3, 0.4) is 0 Å². The highest BCUT2D eigenvalue weighted by atomic mass is 16.6. The third kappa shape index (κ3) is 53.2. The lowest BCUT2D eigenvalue weighted by atomic mass is 10.1. The highest BCUT2D eigenvalue weighted by Crippen LogP contribution is 2.14. The zero-order valence-corrected chi connectivity index (χ0v) is 43.6. The van der Waals surface area contributed by atoms with Gasteiger partial charge in [-0.3, -0.25) is 14.4 Å². The molecule has 0 spiro atoms. The van der Waals surface area contributed by atoms with Gasteiger partial charge in [-0.25, -0.2) is 0 Å². The van der Waals surface area contributed by atoms with E-state index in [0.717, 1.165) is 89.9 Å². The van der Waals surface area contributed by atoms with E-state index in [9.17, 15) is 14.4 Å². The average Bonchev–Trinajstić information content (AvgIpc) is 3.33. The molecule has 1 atom stereocenters. The van der Waals surface area contributed by atoms with Crippen LogP contribution in [-0.2, 0) is 28.6 Å².